The molecular weight excluding hydrogens is 202 g/mol. The Balaban J connectivity index is 3.07. The van der Waals surface area contributed by atoms with Gasteiger partial charge in [-0.15, -0.1) is 0 Å². The van der Waals surface area contributed by atoms with Gasteiger partial charge in [-0.3, -0.25) is 0 Å². The Labute approximate surface area is 97.1 Å². The molecule has 1 rings (SSSR count). The normalized spacial score (nSPS) is 12.9. The number of pyridine rings is 1. The molecule has 16 heavy (non-hydrogen) atoms. The first kappa shape index (κ1) is 12.9. The maximum Gasteiger partial charge on any atom is 0.133 e. The Hall–Kier alpha value is -1.13. The molecule has 0 amide bonds. The van der Waals surface area contributed by atoms with Gasteiger partial charge >= 0.3 is 0 Å². The lowest BCUT2D eigenvalue weighted by atomic mass is 10.1. The van der Waals surface area contributed by atoms with Gasteiger partial charge in [-0.25, -0.2) is 4.98 Å². The third kappa shape index (κ3) is 2.93. The van der Waals surface area contributed by atoms with E-state index in [0.29, 0.717) is 12.6 Å². The van der Waals surface area contributed by atoms with E-state index in [-0.39, 0.29) is 12.6 Å². The van der Waals surface area contributed by atoms with Crippen molar-refractivity contribution in [2.45, 2.75) is 32.9 Å². The van der Waals surface area contributed by atoms with E-state index in [1.165, 1.54) is 0 Å². The van der Waals surface area contributed by atoms with Crippen molar-refractivity contribution < 1.29 is 5.11 Å². The smallest absolute Gasteiger partial charge is 0.133 e. The van der Waals surface area contributed by atoms with Crippen LogP contribution >= 0.6 is 0 Å². The Morgan fingerprint density at radius 2 is 2.12 bits per heavy atom. The Kier molecular flexibility index (Phi) is 4.71. The first-order valence-electron chi connectivity index (χ1n) is 5.66. The van der Waals surface area contributed by atoms with Crippen molar-refractivity contribution in [2.75, 3.05) is 18.1 Å². The molecule has 0 aliphatic rings. The molecule has 0 bridgehead atoms. The zero-order chi connectivity index (χ0) is 12.1. The highest BCUT2D eigenvalue weighted by atomic mass is 16.3. The van der Waals surface area contributed by atoms with Crippen LogP contribution in [0.15, 0.2) is 18.3 Å². The zero-order valence-corrected chi connectivity index (χ0v) is 10.2. The predicted molar refractivity (Wildman–Crippen MR) is 66.4 cm³/mol. The monoisotopic (exact) mass is 223 g/mol. The second-order valence-electron chi connectivity index (χ2n) is 4.22. The van der Waals surface area contributed by atoms with Gasteiger partial charge in [0.1, 0.15) is 5.82 Å². The first-order valence-corrected chi connectivity index (χ1v) is 5.66. The van der Waals surface area contributed by atoms with E-state index in [0.717, 1.165) is 11.4 Å². The Morgan fingerprint density at radius 3 is 2.62 bits per heavy atom. The number of hydrogen-bond acceptors (Lipinski definition) is 4. The van der Waals surface area contributed by atoms with Gasteiger partial charge in [0.05, 0.1) is 6.61 Å². The maximum absolute atomic E-state index is 9.08. The number of aliphatic hydroxyl groups excluding tert-OH is 1. The van der Waals surface area contributed by atoms with E-state index < -0.39 is 0 Å². The van der Waals surface area contributed by atoms with Crippen LogP contribution in [0.3, 0.4) is 0 Å². The van der Waals surface area contributed by atoms with E-state index in [9.17, 15) is 0 Å². The first-order chi connectivity index (χ1) is 7.57. The minimum Gasteiger partial charge on any atom is -0.395 e. The summed E-state index contributed by atoms with van der Waals surface area (Å²) in [6.45, 7) is 6.80. The number of rotatable bonds is 5. The van der Waals surface area contributed by atoms with Crippen LogP contribution in [0, 0.1) is 0 Å². The van der Waals surface area contributed by atoms with Crippen molar-refractivity contribution in [3.05, 3.63) is 23.9 Å². The fourth-order valence-electron chi connectivity index (χ4n) is 1.72. The zero-order valence-electron chi connectivity index (χ0n) is 10.2. The molecule has 4 heteroatoms. The van der Waals surface area contributed by atoms with Gasteiger partial charge in [0.25, 0.3) is 0 Å². The fourth-order valence-corrected chi connectivity index (χ4v) is 1.72. The molecule has 0 saturated carbocycles. The van der Waals surface area contributed by atoms with Crippen molar-refractivity contribution >= 4 is 5.82 Å². The standard InChI is InChI=1S/C12H21N3O/c1-9(2)15(7-8-16)12-11(10(3)13)5-4-6-14-12/h4-6,9-10,16H,7-8,13H2,1-3H3/t10-/m1/s1. The minimum atomic E-state index is -0.0522. The lowest BCUT2D eigenvalue weighted by Gasteiger charge is -2.29. The second kappa shape index (κ2) is 5.82. The van der Waals surface area contributed by atoms with E-state index in [2.05, 4.69) is 23.7 Å². The van der Waals surface area contributed by atoms with Gasteiger partial charge in [-0.2, -0.15) is 0 Å². The van der Waals surface area contributed by atoms with Crippen molar-refractivity contribution in [1.29, 1.82) is 0 Å². The minimum absolute atomic E-state index is 0.0522. The lowest BCUT2D eigenvalue weighted by Crippen LogP contribution is -2.35. The molecule has 3 N–H and O–H groups in total. The number of aliphatic hydroxyl groups is 1. The van der Waals surface area contributed by atoms with Gasteiger partial charge in [0.15, 0.2) is 0 Å². The number of nitrogens with zero attached hydrogens (tertiary/aromatic N) is 2. The lowest BCUT2D eigenvalue weighted by molar-refractivity contribution is 0.298. The summed E-state index contributed by atoms with van der Waals surface area (Å²) in [7, 11) is 0. The molecule has 1 heterocycles. The van der Waals surface area contributed by atoms with Gasteiger partial charge in [0.2, 0.25) is 0 Å². The fraction of sp³-hybridized carbons (Fsp3) is 0.583. The van der Waals surface area contributed by atoms with Crippen LogP contribution in [0.5, 0.6) is 0 Å². The summed E-state index contributed by atoms with van der Waals surface area (Å²) in [6, 6.07) is 4.11. The Bertz CT molecular complexity index is 326. The van der Waals surface area contributed by atoms with Crippen molar-refractivity contribution in [3.8, 4) is 0 Å². The molecule has 0 radical (unpaired) electrons. The Morgan fingerprint density at radius 1 is 1.44 bits per heavy atom. The largest absolute Gasteiger partial charge is 0.395 e. The third-order valence-corrected chi connectivity index (χ3v) is 2.54. The third-order valence-electron chi connectivity index (χ3n) is 2.54. The van der Waals surface area contributed by atoms with Gasteiger partial charge in [-0.05, 0) is 26.8 Å². The topological polar surface area (TPSA) is 62.4 Å². The van der Waals surface area contributed by atoms with Gasteiger partial charge < -0.3 is 15.7 Å². The summed E-state index contributed by atoms with van der Waals surface area (Å²) >= 11 is 0. The van der Waals surface area contributed by atoms with Crippen LogP contribution < -0.4 is 10.6 Å². The number of nitrogens with two attached hydrogens (primary N) is 1. The molecule has 0 aliphatic heterocycles. The maximum atomic E-state index is 9.08. The van der Waals surface area contributed by atoms with Crippen molar-refractivity contribution in [2.24, 2.45) is 5.73 Å². The second-order valence-corrected chi connectivity index (χ2v) is 4.22. The van der Waals surface area contributed by atoms with E-state index in [1.54, 1.807) is 6.20 Å². The van der Waals surface area contributed by atoms with Gasteiger partial charge in [0, 0.05) is 30.4 Å². The molecule has 0 spiro atoms. The molecular formula is C12H21N3O. The molecule has 0 saturated heterocycles. The number of aromatic nitrogens is 1. The van der Waals surface area contributed by atoms with E-state index in [1.807, 2.05) is 19.1 Å². The number of hydrogen-bond donors (Lipinski definition) is 2. The average molecular weight is 223 g/mol. The van der Waals surface area contributed by atoms with Gasteiger partial charge in [-0.1, -0.05) is 6.07 Å². The van der Waals surface area contributed by atoms with E-state index in [4.69, 9.17) is 10.8 Å². The SMILES string of the molecule is CC(C)N(CCO)c1ncccc1[C@@H](C)N. The molecule has 1 aromatic heterocycles. The van der Waals surface area contributed by atoms with Crippen molar-refractivity contribution in [1.82, 2.24) is 4.98 Å². The summed E-state index contributed by atoms with van der Waals surface area (Å²) in [6.07, 6.45) is 1.76. The predicted octanol–water partition coefficient (Wildman–Crippen LogP) is 1.31. The summed E-state index contributed by atoms with van der Waals surface area (Å²) in [5, 5.41) is 9.08. The highest BCUT2D eigenvalue weighted by Gasteiger charge is 2.16. The average Bonchev–Trinajstić information content (AvgIpc) is 2.25. The number of anilines is 1. The van der Waals surface area contributed by atoms with Crippen LogP contribution in [-0.2, 0) is 0 Å². The summed E-state index contributed by atoms with van der Waals surface area (Å²) in [5.74, 6) is 0.876. The molecule has 0 aromatic carbocycles. The van der Waals surface area contributed by atoms with Crippen LogP contribution in [0.4, 0.5) is 5.82 Å². The highest BCUT2D eigenvalue weighted by Crippen LogP contribution is 2.23. The molecule has 1 atom stereocenters. The summed E-state index contributed by atoms with van der Waals surface area (Å²) < 4.78 is 0. The van der Waals surface area contributed by atoms with Crippen molar-refractivity contribution in [3.63, 3.8) is 0 Å². The summed E-state index contributed by atoms with van der Waals surface area (Å²) in [4.78, 5) is 6.44. The van der Waals surface area contributed by atoms with Crippen LogP contribution in [0.2, 0.25) is 0 Å². The summed E-state index contributed by atoms with van der Waals surface area (Å²) in [5.41, 5.74) is 6.94. The molecule has 90 valence electrons. The van der Waals surface area contributed by atoms with E-state index >= 15 is 0 Å². The van der Waals surface area contributed by atoms with Crippen LogP contribution in [-0.4, -0.2) is 29.3 Å². The molecule has 0 aliphatic carbocycles. The molecule has 0 unspecified atom stereocenters. The quantitative estimate of drug-likeness (QED) is 0.790. The molecule has 0 fully saturated rings. The highest BCUT2D eigenvalue weighted by molar-refractivity contribution is 5.48. The van der Waals surface area contributed by atoms with Crippen LogP contribution in [0.1, 0.15) is 32.4 Å². The van der Waals surface area contributed by atoms with Crippen LogP contribution in [0.25, 0.3) is 0 Å². The molecule has 4 nitrogen and oxygen atoms in total. The molecule has 1 aromatic rings.